The number of amides is 2. The largest absolute Gasteiger partial charge is 0.481 e. The molecule has 0 aliphatic heterocycles. The smallest absolute Gasteiger partial charge is 0.409 e. The van der Waals surface area contributed by atoms with Crippen molar-refractivity contribution in [2.24, 2.45) is 11.8 Å². The zero-order chi connectivity index (χ0) is 30.5. The summed E-state index contributed by atoms with van der Waals surface area (Å²) in [6.45, 7) is 0.437. The lowest BCUT2D eigenvalue weighted by molar-refractivity contribution is -0.145. The van der Waals surface area contributed by atoms with E-state index in [0.717, 1.165) is 53.5 Å². The van der Waals surface area contributed by atoms with Gasteiger partial charge in [0.05, 0.1) is 18.4 Å². The Balaban J connectivity index is 1.32. The third kappa shape index (κ3) is 7.04. The second-order valence-corrected chi connectivity index (χ2v) is 12.3. The number of hydrogen-bond acceptors (Lipinski definition) is 4. The number of carboxylic acid groups (broad SMARTS) is 1. The maximum Gasteiger partial charge on any atom is 0.409 e. The normalized spacial score (nSPS) is 15.8. The molecule has 2 aliphatic carbocycles. The molecule has 1 fully saturated rings. The van der Waals surface area contributed by atoms with Crippen LogP contribution in [0.4, 0.5) is 4.79 Å². The highest BCUT2D eigenvalue weighted by Gasteiger charge is 2.36. The van der Waals surface area contributed by atoms with Crippen LogP contribution in [-0.2, 0) is 20.7 Å². The fourth-order valence-corrected chi connectivity index (χ4v) is 6.88. The van der Waals surface area contributed by atoms with Gasteiger partial charge in [-0.05, 0) is 65.1 Å². The van der Waals surface area contributed by atoms with E-state index >= 15 is 0 Å². The van der Waals surface area contributed by atoms with Gasteiger partial charge in [0.1, 0.15) is 6.61 Å². The first kappa shape index (κ1) is 30.6. The molecule has 1 saturated carbocycles. The van der Waals surface area contributed by atoms with Gasteiger partial charge in [0.15, 0.2) is 0 Å². The summed E-state index contributed by atoms with van der Waals surface area (Å²) in [6, 6.07) is 23.4. The van der Waals surface area contributed by atoms with E-state index in [-0.39, 0.29) is 37.3 Å². The molecule has 0 heterocycles. The first-order valence-electron chi connectivity index (χ1n) is 15.0. The lowest BCUT2D eigenvalue weighted by atomic mass is 9.86. The fraction of sp³-hybridized carbons (Fsp3) is 0.400. The summed E-state index contributed by atoms with van der Waals surface area (Å²) in [5.74, 6) is -1.71. The van der Waals surface area contributed by atoms with Crippen molar-refractivity contribution >= 4 is 29.6 Å². The molecule has 7 nitrogen and oxygen atoms in total. The zero-order valence-corrected chi connectivity index (χ0v) is 25.5. The van der Waals surface area contributed by atoms with E-state index in [1.807, 2.05) is 36.4 Å². The Morgan fingerprint density at radius 1 is 0.907 bits per heavy atom. The van der Waals surface area contributed by atoms with Gasteiger partial charge in [0, 0.05) is 31.6 Å². The van der Waals surface area contributed by atoms with Crippen LogP contribution in [0.5, 0.6) is 0 Å². The van der Waals surface area contributed by atoms with Gasteiger partial charge in [0.2, 0.25) is 5.91 Å². The van der Waals surface area contributed by atoms with Crippen molar-refractivity contribution < 1.29 is 24.2 Å². The van der Waals surface area contributed by atoms with Crippen molar-refractivity contribution in [1.29, 1.82) is 0 Å². The first-order chi connectivity index (χ1) is 20.7. The fourth-order valence-electron chi connectivity index (χ4n) is 6.75. The van der Waals surface area contributed by atoms with E-state index in [9.17, 15) is 19.5 Å². The Labute approximate surface area is 258 Å². The maximum atomic E-state index is 13.6. The molecule has 0 aromatic heterocycles. The molecule has 0 spiro atoms. The Morgan fingerprint density at radius 3 is 2.07 bits per heavy atom. The summed E-state index contributed by atoms with van der Waals surface area (Å²) in [5, 5.41) is 10.2. The molecule has 8 heteroatoms. The van der Waals surface area contributed by atoms with Gasteiger partial charge in [-0.2, -0.15) is 0 Å². The molecular formula is C35H39ClN2O5. The molecular weight excluding hydrogens is 564 g/mol. The van der Waals surface area contributed by atoms with Crippen molar-refractivity contribution in [3.63, 3.8) is 0 Å². The van der Waals surface area contributed by atoms with Crippen LogP contribution in [0.15, 0.2) is 72.8 Å². The summed E-state index contributed by atoms with van der Waals surface area (Å²) < 4.78 is 5.95. The summed E-state index contributed by atoms with van der Waals surface area (Å²) in [5.41, 5.74) is 5.56. The van der Waals surface area contributed by atoms with E-state index in [0.29, 0.717) is 11.4 Å². The van der Waals surface area contributed by atoms with Crippen molar-refractivity contribution in [2.75, 3.05) is 27.2 Å². The van der Waals surface area contributed by atoms with Crippen LogP contribution >= 0.6 is 11.6 Å². The third-order valence-electron chi connectivity index (χ3n) is 9.10. The van der Waals surface area contributed by atoms with Crippen LogP contribution in [0, 0.1) is 11.8 Å². The molecule has 0 saturated heterocycles. The summed E-state index contributed by atoms with van der Waals surface area (Å²) in [7, 11) is 3.40. The minimum absolute atomic E-state index is 0.0631. The highest BCUT2D eigenvalue weighted by atomic mass is 35.5. The molecule has 1 N–H and O–H groups in total. The van der Waals surface area contributed by atoms with Crippen molar-refractivity contribution in [2.45, 2.75) is 50.5 Å². The molecule has 2 atom stereocenters. The van der Waals surface area contributed by atoms with Crippen LogP contribution in [0.1, 0.15) is 54.7 Å². The van der Waals surface area contributed by atoms with E-state index in [1.54, 1.807) is 36.0 Å². The van der Waals surface area contributed by atoms with Crippen molar-refractivity contribution in [1.82, 2.24) is 9.80 Å². The lowest BCUT2D eigenvalue weighted by Gasteiger charge is -2.34. The van der Waals surface area contributed by atoms with Crippen LogP contribution in [0.3, 0.4) is 0 Å². The Morgan fingerprint density at radius 2 is 1.49 bits per heavy atom. The Hall–Kier alpha value is -3.84. The Kier molecular flexibility index (Phi) is 9.71. The molecule has 5 rings (SSSR count). The number of likely N-dealkylation sites (N-methyl/N-ethyl adjacent to an activating group) is 2. The second kappa shape index (κ2) is 13.6. The van der Waals surface area contributed by atoms with Gasteiger partial charge in [-0.1, -0.05) is 85.1 Å². The second-order valence-electron chi connectivity index (χ2n) is 11.9. The van der Waals surface area contributed by atoms with Gasteiger partial charge in [0.25, 0.3) is 0 Å². The monoisotopic (exact) mass is 602 g/mol. The third-order valence-corrected chi connectivity index (χ3v) is 9.35. The average molecular weight is 603 g/mol. The average Bonchev–Trinajstić information content (AvgIpc) is 3.65. The van der Waals surface area contributed by atoms with Gasteiger partial charge in [-0.15, -0.1) is 0 Å². The van der Waals surface area contributed by atoms with Gasteiger partial charge in [-0.3, -0.25) is 9.59 Å². The van der Waals surface area contributed by atoms with E-state index < -0.39 is 24.0 Å². The molecule has 0 bridgehead atoms. The molecule has 226 valence electrons. The predicted molar refractivity (Wildman–Crippen MR) is 167 cm³/mol. The summed E-state index contributed by atoms with van der Waals surface area (Å²) in [4.78, 5) is 42.0. The van der Waals surface area contributed by atoms with Crippen LogP contribution in [0.2, 0.25) is 5.02 Å². The summed E-state index contributed by atoms with van der Waals surface area (Å²) >= 11 is 6.12. The van der Waals surface area contributed by atoms with Crippen LogP contribution < -0.4 is 0 Å². The number of ether oxygens (including phenoxy) is 1. The number of benzene rings is 3. The van der Waals surface area contributed by atoms with E-state index in [2.05, 4.69) is 24.3 Å². The van der Waals surface area contributed by atoms with Gasteiger partial charge in [-0.25, -0.2) is 4.79 Å². The molecule has 2 aliphatic rings. The lowest BCUT2D eigenvalue weighted by Crippen LogP contribution is -2.48. The molecule has 3 aromatic carbocycles. The SMILES string of the molecule is CN(C[C@@H](Cc1ccc(Cl)cc1)N(C)C(=O)OCC1c2ccccc2-c2ccccc21)C(=O)[C@@H](CC(=O)O)C1CCCC1. The highest BCUT2D eigenvalue weighted by Crippen LogP contribution is 2.44. The number of rotatable bonds is 11. The maximum absolute atomic E-state index is 13.6. The number of fused-ring (bicyclic) bond motifs is 3. The van der Waals surface area contributed by atoms with Gasteiger partial charge >= 0.3 is 12.1 Å². The molecule has 3 aromatic rings. The Bertz CT molecular complexity index is 1410. The molecule has 0 radical (unpaired) electrons. The number of hydrogen-bond donors (Lipinski definition) is 1. The highest BCUT2D eigenvalue weighted by molar-refractivity contribution is 6.30. The number of carbonyl (C=O) groups excluding carboxylic acids is 2. The number of aliphatic carboxylic acids is 1. The predicted octanol–water partition coefficient (Wildman–Crippen LogP) is 6.87. The topological polar surface area (TPSA) is 87.2 Å². The minimum Gasteiger partial charge on any atom is -0.481 e. The van der Waals surface area contributed by atoms with E-state index in [1.165, 1.54) is 0 Å². The van der Waals surface area contributed by atoms with Crippen LogP contribution in [-0.4, -0.2) is 66.2 Å². The number of carbonyl (C=O) groups is 3. The molecule has 43 heavy (non-hydrogen) atoms. The standard InChI is InChI=1S/C35H39ClN2O5/c1-37(34(41)31(20-33(39)40)24-9-3-4-10-24)21-26(19-23-15-17-25(36)18-16-23)38(2)35(42)43-22-32-29-13-7-5-11-27(29)28-12-6-8-14-30(28)32/h5-8,11-18,24,26,31-32H,3-4,9-10,19-22H2,1-2H3,(H,39,40)/t26-,31+/m1/s1. The summed E-state index contributed by atoms with van der Waals surface area (Å²) in [6.07, 6.45) is 3.58. The number of carboxylic acids is 1. The first-order valence-corrected chi connectivity index (χ1v) is 15.4. The van der Waals surface area contributed by atoms with Crippen LogP contribution in [0.25, 0.3) is 11.1 Å². The van der Waals surface area contributed by atoms with Crippen molar-refractivity contribution in [3.05, 3.63) is 94.5 Å². The quantitative estimate of drug-likeness (QED) is 0.259. The zero-order valence-electron chi connectivity index (χ0n) is 24.7. The molecule has 2 amide bonds. The number of nitrogens with zero attached hydrogens (tertiary/aromatic N) is 2. The minimum atomic E-state index is -0.966. The van der Waals surface area contributed by atoms with E-state index in [4.69, 9.17) is 16.3 Å². The molecule has 0 unspecified atom stereocenters. The number of halogens is 1. The van der Waals surface area contributed by atoms with Gasteiger partial charge < -0.3 is 19.6 Å². The van der Waals surface area contributed by atoms with Crippen molar-refractivity contribution in [3.8, 4) is 11.1 Å².